The third-order valence-corrected chi connectivity index (χ3v) is 4.61. The Kier molecular flexibility index (Phi) is 7.23. The molecule has 5 nitrogen and oxygen atoms in total. The number of nitriles is 1. The van der Waals surface area contributed by atoms with E-state index in [-0.39, 0.29) is 0 Å². The van der Waals surface area contributed by atoms with Crippen LogP contribution < -0.4 is 10.1 Å². The number of anilines is 1. The minimum Gasteiger partial charge on any atom is -0.420 e. The molecule has 1 aromatic heterocycles. The van der Waals surface area contributed by atoms with E-state index in [2.05, 4.69) is 15.0 Å². The molecule has 0 fully saturated rings. The summed E-state index contributed by atoms with van der Waals surface area (Å²) in [4.78, 5) is 15.6. The Labute approximate surface area is 191 Å². The van der Waals surface area contributed by atoms with Crippen molar-refractivity contribution in [2.24, 2.45) is 0 Å². The van der Waals surface area contributed by atoms with Crippen molar-refractivity contribution in [3.05, 3.63) is 88.3 Å². The van der Waals surface area contributed by atoms with Crippen LogP contribution in [0.25, 0.3) is 0 Å². The normalized spacial score (nSPS) is 11.2. The molecule has 0 radical (unpaired) electrons. The Bertz CT molecular complexity index is 1300. The molecule has 182 valence electrons. The summed E-state index contributed by atoms with van der Waals surface area (Å²) in [6, 6.07) is 7.18. The number of pyridine rings is 1. The van der Waals surface area contributed by atoms with Crippen LogP contribution in [0.4, 0.5) is 40.8 Å². The van der Waals surface area contributed by atoms with Gasteiger partial charge in [0.05, 0.1) is 30.3 Å². The topological polar surface area (TPSA) is 75.0 Å². The molecule has 0 saturated carbocycles. The molecule has 0 bridgehead atoms. The van der Waals surface area contributed by atoms with Gasteiger partial charge >= 0.3 is 11.9 Å². The monoisotopic (exact) mass is 501 g/mol. The molecule has 0 aliphatic rings. The molecular weight excluding hydrogens is 490 g/mol. The van der Waals surface area contributed by atoms with E-state index in [1.807, 2.05) is 0 Å². The van der Waals surface area contributed by atoms with E-state index in [9.17, 15) is 39.9 Å². The van der Waals surface area contributed by atoms with E-state index < -0.39 is 88.0 Å². The second-order valence-electron chi connectivity index (χ2n) is 6.89. The summed E-state index contributed by atoms with van der Waals surface area (Å²) in [5.74, 6) is -20.6. The molecule has 0 aliphatic heterocycles. The number of hydrogen-bond acceptors (Lipinski definition) is 5. The first kappa shape index (κ1) is 25.4. The molecule has 0 aliphatic carbocycles. The standard InChI is InChI=1S/C22H11F8N3O2/c23-15-11(7-14(34)35-21-19(27)17(25)16(24)18(26)20(21)28)10(8-31)4-5-12(15)33-9-22(29,30)13-3-1-2-6-32-13/h1-6,33H,7,9H2. The highest BCUT2D eigenvalue weighted by Crippen LogP contribution is 2.31. The molecule has 0 atom stereocenters. The van der Waals surface area contributed by atoms with Gasteiger partial charge in [0.2, 0.25) is 34.8 Å². The summed E-state index contributed by atoms with van der Waals surface area (Å²) in [6.45, 7) is -1.14. The van der Waals surface area contributed by atoms with E-state index >= 15 is 0 Å². The van der Waals surface area contributed by atoms with Crippen molar-refractivity contribution in [3.8, 4) is 11.8 Å². The third kappa shape index (κ3) is 5.16. The molecule has 35 heavy (non-hydrogen) atoms. The number of esters is 1. The second-order valence-corrected chi connectivity index (χ2v) is 6.89. The molecule has 0 saturated heterocycles. The lowest BCUT2D eigenvalue weighted by Gasteiger charge is -2.18. The largest absolute Gasteiger partial charge is 0.420 e. The number of carbonyl (C=O) groups is 1. The zero-order valence-electron chi connectivity index (χ0n) is 17.1. The van der Waals surface area contributed by atoms with E-state index in [0.717, 1.165) is 24.4 Å². The first-order chi connectivity index (χ1) is 16.5. The molecule has 3 rings (SSSR count). The molecule has 0 unspecified atom stereocenters. The molecule has 1 heterocycles. The van der Waals surface area contributed by atoms with Crippen LogP contribution in [0.3, 0.4) is 0 Å². The fraction of sp³-hybridized carbons (Fsp3) is 0.136. The Balaban J connectivity index is 1.85. The molecule has 3 aromatic rings. The van der Waals surface area contributed by atoms with E-state index in [0.29, 0.717) is 0 Å². The van der Waals surface area contributed by atoms with Crippen LogP contribution in [-0.4, -0.2) is 17.5 Å². The fourth-order valence-corrected chi connectivity index (χ4v) is 2.88. The number of alkyl halides is 2. The minimum absolute atomic E-state index is 0.473. The number of nitrogens with one attached hydrogen (secondary N) is 1. The number of benzene rings is 2. The second kappa shape index (κ2) is 9.96. The van der Waals surface area contributed by atoms with Crippen LogP contribution in [0.15, 0.2) is 36.5 Å². The lowest BCUT2D eigenvalue weighted by Crippen LogP contribution is -2.26. The fourth-order valence-electron chi connectivity index (χ4n) is 2.88. The van der Waals surface area contributed by atoms with Crippen molar-refractivity contribution in [2.45, 2.75) is 12.3 Å². The average Bonchev–Trinajstić information content (AvgIpc) is 2.85. The lowest BCUT2D eigenvalue weighted by molar-refractivity contribution is -0.134. The van der Waals surface area contributed by atoms with Crippen LogP contribution in [0.5, 0.6) is 5.75 Å². The third-order valence-electron chi connectivity index (χ3n) is 4.61. The van der Waals surface area contributed by atoms with Gasteiger partial charge in [0.1, 0.15) is 5.69 Å². The highest BCUT2D eigenvalue weighted by Gasteiger charge is 2.33. The SMILES string of the molecule is N#Cc1ccc(NCC(F)(F)c2ccccn2)c(F)c1CC(=O)Oc1c(F)c(F)c(F)c(F)c1F. The minimum atomic E-state index is -3.55. The first-order valence-electron chi connectivity index (χ1n) is 9.44. The maximum absolute atomic E-state index is 14.9. The van der Waals surface area contributed by atoms with Gasteiger partial charge < -0.3 is 10.1 Å². The van der Waals surface area contributed by atoms with Crippen LogP contribution in [-0.2, 0) is 17.1 Å². The summed E-state index contributed by atoms with van der Waals surface area (Å²) >= 11 is 0. The molecular formula is C22H11F8N3O2. The maximum Gasteiger partial charge on any atom is 0.316 e. The highest BCUT2D eigenvalue weighted by molar-refractivity contribution is 5.77. The number of aromatic nitrogens is 1. The smallest absolute Gasteiger partial charge is 0.316 e. The summed E-state index contributed by atoms with van der Waals surface area (Å²) in [6.07, 6.45) is -0.0832. The lowest BCUT2D eigenvalue weighted by atomic mass is 10.0. The summed E-state index contributed by atoms with van der Waals surface area (Å²) < 4.78 is 115. The maximum atomic E-state index is 14.9. The predicted molar refractivity (Wildman–Crippen MR) is 103 cm³/mol. The van der Waals surface area contributed by atoms with E-state index in [1.165, 1.54) is 18.2 Å². The van der Waals surface area contributed by atoms with Gasteiger partial charge in [-0.25, -0.2) is 17.6 Å². The van der Waals surface area contributed by atoms with Crippen molar-refractivity contribution in [2.75, 3.05) is 11.9 Å². The first-order valence-corrected chi connectivity index (χ1v) is 9.44. The number of halogens is 8. The van der Waals surface area contributed by atoms with E-state index in [4.69, 9.17) is 5.26 Å². The number of ether oxygens (including phenoxy) is 1. The van der Waals surface area contributed by atoms with Crippen molar-refractivity contribution in [1.29, 1.82) is 5.26 Å². The molecule has 1 N–H and O–H groups in total. The van der Waals surface area contributed by atoms with Crippen LogP contribution in [0.2, 0.25) is 0 Å². The predicted octanol–water partition coefficient (Wildman–Crippen LogP) is 5.14. The molecule has 2 aromatic carbocycles. The Hall–Kier alpha value is -4.21. The van der Waals surface area contributed by atoms with Crippen molar-refractivity contribution < 1.29 is 44.7 Å². The number of hydrogen-bond donors (Lipinski definition) is 1. The molecule has 0 spiro atoms. The zero-order valence-corrected chi connectivity index (χ0v) is 17.1. The molecule has 13 heteroatoms. The van der Waals surface area contributed by atoms with Crippen LogP contribution >= 0.6 is 0 Å². The number of carbonyl (C=O) groups excluding carboxylic acids is 1. The van der Waals surface area contributed by atoms with Gasteiger partial charge in [-0.05, 0) is 24.3 Å². The highest BCUT2D eigenvalue weighted by atomic mass is 19.3. The summed E-state index contributed by atoms with van der Waals surface area (Å²) in [5.41, 5.74) is -2.39. The van der Waals surface area contributed by atoms with Crippen LogP contribution in [0.1, 0.15) is 16.8 Å². The van der Waals surface area contributed by atoms with E-state index in [1.54, 1.807) is 0 Å². The Morgan fingerprint density at radius 3 is 2.14 bits per heavy atom. The van der Waals surface area contributed by atoms with Crippen LogP contribution in [0, 0.1) is 46.2 Å². The average molecular weight is 501 g/mol. The summed E-state index contributed by atoms with van der Waals surface area (Å²) in [7, 11) is 0. The van der Waals surface area contributed by atoms with Gasteiger partial charge in [-0.2, -0.15) is 22.8 Å². The van der Waals surface area contributed by atoms with Crippen molar-refractivity contribution in [1.82, 2.24) is 4.98 Å². The van der Waals surface area contributed by atoms with Crippen molar-refractivity contribution in [3.63, 3.8) is 0 Å². The van der Waals surface area contributed by atoms with Gasteiger partial charge in [-0.3, -0.25) is 9.78 Å². The van der Waals surface area contributed by atoms with Gasteiger partial charge in [0.15, 0.2) is 5.82 Å². The van der Waals surface area contributed by atoms with Gasteiger partial charge in [0.25, 0.3) is 0 Å². The zero-order chi connectivity index (χ0) is 25.9. The Morgan fingerprint density at radius 1 is 0.943 bits per heavy atom. The number of rotatable bonds is 7. The quantitative estimate of drug-likeness (QED) is 0.160. The van der Waals surface area contributed by atoms with Gasteiger partial charge in [0, 0.05) is 11.8 Å². The van der Waals surface area contributed by atoms with Gasteiger partial charge in [-0.1, -0.05) is 6.07 Å². The molecule has 0 amide bonds. The summed E-state index contributed by atoms with van der Waals surface area (Å²) in [5, 5.41) is 11.3. The number of nitrogens with zero attached hydrogens (tertiary/aromatic N) is 2. The van der Waals surface area contributed by atoms with Crippen molar-refractivity contribution >= 4 is 11.7 Å². The Morgan fingerprint density at radius 2 is 1.57 bits per heavy atom. The van der Waals surface area contributed by atoms with Gasteiger partial charge in [-0.15, -0.1) is 0 Å².